The number of phenols is 1. The molecular weight excluding hydrogens is 250 g/mol. The monoisotopic (exact) mass is 267 g/mol. The lowest BCUT2D eigenvalue weighted by Crippen LogP contribution is -2.08. The molecule has 20 heavy (non-hydrogen) atoms. The van der Waals surface area contributed by atoms with Crippen molar-refractivity contribution < 1.29 is 9.90 Å². The van der Waals surface area contributed by atoms with Gasteiger partial charge >= 0.3 is 0 Å². The van der Waals surface area contributed by atoms with Gasteiger partial charge in [0.25, 0.3) is 0 Å². The van der Waals surface area contributed by atoms with Crippen molar-refractivity contribution >= 4 is 17.5 Å². The van der Waals surface area contributed by atoms with Crippen molar-refractivity contribution in [3.8, 4) is 5.75 Å². The first kappa shape index (κ1) is 13.9. The number of hydrogen-bond donors (Lipinski definition) is 1. The maximum Gasteiger partial charge on any atom is 0.189 e. The molecule has 0 spiro atoms. The molecule has 2 rings (SSSR count). The molecule has 2 aromatic carbocycles. The second-order valence-electron chi connectivity index (χ2n) is 4.70. The highest BCUT2D eigenvalue weighted by Gasteiger charge is 2.09. The van der Waals surface area contributed by atoms with Crippen LogP contribution in [-0.2, 0) is 0 Å². The average Bonchev–Trinajstić information content (AvgIpc) is 2.45. The molecule has 2 aromatic rings. The smallest absolute Gasteiger partial charge is 0.189 e. The van der Waals surface area contributed by atoms with E-state index < -0.39 is 0 Å². The number of aromatic hydroxyl groups is 1. The van der Waals surface area contributed by atoms with Gasteiger partial charge in [-0.25, -0.2) is 0 Å². The first-order valence-corrected chi connectivity index (χ1v) is 6.36. The number of benzene rings is 2. The lowest BCUT2D eigenvalue weighted by molar-refractivity contribution is 0.104. The zero-order valence-corrected chi connectivity index (χ0v) is 11.6. The molecule has 0 fully saturated rings. The van der Waals surface area contributed by atoms with Crippen molar-refractivity contribution in [2.75, 3.05) is 19.0 Å². The highest BCUT2D eigenvalue weighted by Crippen LogP contribution is 2.24. The van der Waals surface area contributed by atoms with Crippen molar-refractivity contribution in [1.29, 1.82) is 0 Å². The van der Waals surface area contributed by atoms with E-state index in [0.717, 1.165) is 11.3 Å². The minimum atomic E-state index is -0.211. The van der Waals surface area contributed by atoms with E-state index in [1.807, 2.05) is 55.4 Å². The fraction of sp³-hybridized carbons (Fsp3) is 0.118. The molecule has 1 N–H and O–H groups in total. The number of hydrogen-bond acceptors (Lipinski definition) is 3. The summed E-state index contributed by atoms with van der Waals surface area (Å²) in [5.74, 6) is -0.212. The van der Waals surface area contributed by atoms with Gasteiger partial charge in [-0.3, -0.25) is 4.79 Å². The predicted molar refractivity (Wildman–Crippen MR) is 82.2 cm³/mol. The van der Waals surface area contributed by atoms with E-state index >= 15 is 0 Å². The predicted octanol–water partition coefficient (Wildman–Crippen LogP) is 3.35. The summed E-state index contributed by atoms with van der Waals surface area (Å²) in [6.45, 7) is 0. The molecule has 3 heteroatoms. The molecule has 0 aliphatic rings. The number of carbonyl (C=O) groups excluding carboxylic acids is 1. The normalized spacial score (nSPS) is 10.7. The molecule has 0 amide bonds. The zero-order chi connectivity index (χ0) is 14.5. The second kappa shape index (κ2) is 6.06. The Morgan fingerprint density at radius 2 is 1.80 bits per heavy atom. The van der Waals surface area contributed by atoms with Crippen LogP contribution >= 0.6 is 0 Å². The lowest BCUT2D eigenvalue weighted by Gasteiger charge is -2.13. The number of rotatable bonds is 4. The van der Waals surface area contributed by atoms with Gasteiger partial charge in [-0.2, -0.15) is 0 Å². The summed E-state index contributed by atoms with van der Waals surface area (Å²) >= 11 is 0. The molecule has 0 unspecified atom stereocenters. The molecule has 0 aromatic heterocycles. The number of phenolic OH excluding ortho intramolecular Hbond substituents is 1. The van der Waals surface area contributed by atoms with Gasteiger partial charge in [-0.05, 0) is 23.8 Å². The largest absolute Gasteiger partial charge is 0.507 e. The van der Waals surface area contributed by atoms with E-state index in [9.17, 15) is 9.90 Å². The number of carbonyl (C=O) groups is 1. The first-order valence-electron chi connectivity index (χ1n) is 6.36. The van der Waals surface area contributed by atoms with Crippen molar-refractivity contribution in [2.24, 2.45) is 0 Å². The first-order chi connectivity index (χ1) is 9.58. The Kier molecular flexibility index (Phi) is 4.20. The zero-order valence-electron chi connectivity index (χ0n) is 11.6. The summed E-state index contributed by atoms with van der Waals surface area (Å²) in [6.07, 6.45) is 3.21. The van der Waals surface area contributed by atoms with Crippen molar-refractivity contribution in [3.05, 3.63) is 65.7 Å². The third-order valence-corrected chi connectivity index (χ3v) is 2.99. The van der Waals surface area contributed by atoms with E-state index in [2.05, 4.69) is 0 Å². The Bertz CT molecular complexity index is 631. The summed E-state index contributed by atoms with van der Waals surface area (Å²) in [7, 11) is 3.76. The third-order valence-electron chi connectivity index (χ3n) is 2.99. The average molecular weight is 267 g/mol. The van der Waals surface area contributed by atoms with Crippen LogP contribution in [0.2, 0.25) is 0 Å². The fourth-order valence-corrected chi connectivity index (χ4v) is 1.83. The number of allylic oxidation sites excluding steroid dienone is 1. The molecule has 0 saturated heterocycles. The SMILES string of the molecule is CN(C)c1ccc(C(=O)/C=C/c2ccccc2)c(O)c1. The van der Waals surface area contributed by atoms with Crippen LogP contribution in [0.1, 0.15) is 15.9 Å². The lowest BCUT2D eigenvalue weighted by atomic mass is 10.1. The topological polar surface area (TPSA) is 40.5 Å². The van der Waals surface area contributed by atoms with Crippen molar-refractivity contribution in [2.45, 2.75) is 0 Å². The molecule has 3 nitrogen and oxygen atoms in total. The molecule has 0 saturated carbocycles. The molecule has 0 aliphatic carbocycles. The van der Waals surface area contributed by atoms with E-state index in [1.165, 1.54) is 6.08 Å². The Labute approximate surface area is 118 Å². The maximum atomic E-state index is 12.1. The molecule has 102 valence electrons. The van der Waals surface area contributed by atoms with Crippen LogP contribution < -0.4 is 4.90 Å². The Morgan fingerprint density at radius 1 is 1.10 bits per heavy atom. The summed E-state index contributed by atoms with van der Waals surface area (Å²) in [5.41, 5.74) is 2.11. The van der Waals surface area contributed by atoms with Gasteiger partial charge in [0.15, 0.2) is 5.78 Å². The molecule has 0 aliphatic heterocycles. The van der Waals surface area contributed by atoms with Gasteiger partial charge in [0, 0.05) is 25.8 Å². The number of ketones is 1. The van der Waals surface area contributed by atoms with Gasteiger partial charge in [-0.1, -0.05) is 36.4 Å². The van der Waals surface area contributed by atoms with Gasteiger partial charge in [-0.15, -0.1) is 0 Å². The van der Waals surface area contributed by atoms with Crippen LogP contribution in [0.25, 0.3) is 6.08 Å². The Morgan fingerprint density at radius 3 is 2.40 bits per heavy atom. The summed E-state index contributed by atoms with van der Waals surface area (Å²) in [6, 6.07) is 14.6. The second-order valence-corrected chi connectivity index (χ2v) is 4.70. The van der Waals surface area contributed by atoms with Gasteiger partial charge < -0.3 is 10.0 Å². The van der Waals surface area contributed by atoms with Crippen LogP contribution in [0, 0.1) is 0 Å². The highest BCUT2D eigenvalue weighted by molar-refractivity contribution is 6.08. The van der Waals surface area contributed by atoms with Gasteiger partial charge in [0.05, 0.1) is 5.56 Å². The van der Waals surface area contributed by atoms with Crippen LogP contribution in [0.4, 0.5) is 5.69 Å². The van der Waals surface area contributed by atoms with Crippen LogP contribution in [-0.4, -0.2) is 25.0 Å². The summed E-state index contributed by atoms with van der Waals surface area (Å²) in [5, 5.41) is 9.93. The molecule has 0 atom stereocenters. The van der Waals surface area contributed by atoms with Crippen molar-refractivity contribution in [3.63, 3.8) is 0 Å². The Hall–Kier alpha value is -2.55. The van der Waals surface area contributed by atoms with Gasteiger partial charge in [0.1, 0.15) is 5.75 Å². The van der Waals surface area contributed by atoms with E-state index in [0.29, 0.717) is 5.56 Å². The minimum Gasteiger partial charge on any atom is -0.507 e. The molecule has 0 radical (unpaired) electrons. The summed E-state index contributed by atoms with van der Waals surface area (Å²) in [4.78, 5) is 13.9. The quantitative estimate of drug-likeness (QED) is 0.682. The van der Waals surface area contributed by atoms with Crippen LogP contribution in [0.5, 0.6) is 5.75 Å². The third kappa shape index (κ3) is 3.26. The van der Waals surface area contributed by atoms with Gasteiger partial charge in [0.2, 0.25) is 0 Å². The summed E-state index contributed by atoms with van der Waals surface area (Å²) < 4.78 is 0. The Balaban J connectivity index is 2.20. The maximum absolute atomic E-state index is 12.1. The van der Waals surface area contributed by atoms with E-state index in [-0.39, 0.29) is 11.5 Å². The van der Waals surface area contributed by atoms with E-state index in [1.54, 1.807) is 18.2 Å². The standard InChI is InChI=1S/C17H17NO2/c1-18(2)14-9-10-15(17(20)12-14)16(19)11-8-13-6-4-3-5-7-13/h3-12,20H,1-2H3/b11-8+. The molecule has 0 heterocycles. The highest BCUT2D eigenvalue weighted by atomic mass is 16.3. The van der Waals surface area contributed by atoms with Crippen LogP contribution in [0.15, 0.2) is 54.6 Å². The number of anilines is 1. The molecular formula is C17H17NO2. The minimum absolute atomic E-state index is 0.00101. The molecule has 0 bridgehead atoms. The fourth-order valence-electron chi connectivity index (χ4n) is 1.83. The van der Waals surface area contributed by atoms with Crippen LogP contribution in [0.3, 0.4) is 0 Å². The number of nitrogens with zero attached hydrogens (tertiary/aromatic N) is 1. The van der Waals surface area contributed by atoms with Crippen molar-refractivity contribution in [1.82, 2.24) is 0 Å². The van der Waals surface area contributed by atoms with E-state index in [4.69, 9.17) is 0 Å².